The monoisotopic (exact) mass is 376 g/mol. The Bertz CT molecular complexity index is 894. The van der Waals surface area contributed by atoms with Crippen molar-refractivity contribution in [3.8, 4) is 0 Å². The summed E-state index contributed by atoms with van der Waals surface area (Å²) in [7, 11) is -1.86. The molecule has 0 bridgehead atoms. The van der Waals surface area contributed by atoms with E-state index in [2.05, 4.69) is 5.32 Å². The Labute approximate surface area is 152 Å². The first-order valence-electron chi connectivity index (χ1n) is 8.20. The predicted octanol–water partition coefficient (Wildman–Crippen LogP) is 2.15. The van der Waals surface area contributed by atoms with E-state index in [4.69, 9.17) is 0 Å². The highest BCUT2D eigenvalue weighted by Gasteiger charge is 2.28. The molecule has 0 radical (unpaired) electrons. The van der Waals surface area contributed by atoms with Crippen LogP contribution in [0.15, 0.2) is 53.4 Å². The van der Waals surface area contributed by atoms with Gasteiger partial charge in [-0.1, -0.05) is 18.2 Å². The Kier molecular flexibility index (Phi) is 5.10. The average molecular weight is 376 g/mol. The second-order valence-corrected chi connectivity index (χ2v) is 7.85. The smallest absolute Gasteiger partial charge is 0.292 e. The van der Waals surface area contributed by atoms with Crippen molar-refractivity contribution in [3.63, 3.8) is 0 Å². The van der Waals surface area contributed by atoms with Crippen molar-refractivity contribution in [3.05, 3.63) is 58.6 Å². The van der Waals surface area contributed by atoms with Gasteiger partial charge in [-0.2, -0.15) is 4.31 Å². The van der Waals surface area contributed by atoms with Gasteiger partial charge in [0.1, 0.15) is 5.69 Å². The van der Waals surface area contributed by atoms with Crippen molar-refractivity contribution in [1.29, 1.82) is 0 Å². The lowest BCUT2D eigenvalue weighted by Gasteiger charge is -2.35. The van der Waals surface area contributed by atoms with Crippen LogP contribution in [0.1, 0.15) is 0 Å². The minimum absolute atomic E-state index is 0.0153. The minimum atomic E-state index is -3.49. The molecule has 8 nitrogen and oxygen atoms in total. The third-order valence-electron chi connectivity index (χ3n) is 4.43. The standard InChI is InChI=1S/C17H20N4O4S/c1-18-16-13-14(7-8-17(16)21(22)23)19-9-11-20(12-10-19)26(24,25)15-5-3-2-4-6-15/h2-8,13,18H,9-12H2,1H3. The first kappa shape index (κ1) is 18.2. The summed E-state index contributed by atoms with van der Waals surface area (Å²) in [6, 6.07) is 13.3. The van der Waals surface area contributed by atoms with Crippen LogP contribution in [0, 0.1) is 10.1 Å². The Morgan fingerprint density at radius 2 is 1.69 bits per heavy atom. The molecule has 26 heavy (non-hydrogen) atoms. The maximum Gasteiger partial charge on any atom is 0.292 e. The SMILES string of the molecule is CNc1cc(N2CCN(S(=O)(=O)c3ccccc3)CC2)ccc1[N+](=O)[O-]. The van der Waals surface area contributed by atoms with E-state index in [1.165, 1.54) is 10.4 Å². The minimum Gasteiger partial charge on any atom is -0.383 e. The summed E-state index contributed by atoms with van der Waals surface area (Å²) in [5.74, 6) is 0. The molecule has 0 saturated carbocycles. The van der Waals surface area contributed by atoms with Gasteiger partial charge in [-0.3, -0.25) is 10.1 Å². The van der Waals surface area contributed by atoms with E-state index in [0.717, 1.165) is 5.69 Å². The van der Waals surface area contributed by atoms with Crippen LogP contribution in [-0.2, 0) is 10.0 Å². The molecular weight excluding hydrogens is 356 g/mol. The van der Waals surface area contributed by atoms with E-state index >= 15 is 0 Å². The predicted molar refractivity (Wildman–Crippen MR) is 100 cm³/mol. The van der Waals surface area contributed by atoms with E-state index in [9.17, 15) is 18.5 Å². The number of nitro benzene ring substituents is 1. The highest BCUT2D eigenvalue weighted by Crippen LogP contribution is 2.30. The maximum absolute atomic E-state index is 12.7. The molecule has 3 rings (SSSR count). The maximum atomic E-state index is 12.7. The molecule has 9 heteroatoms. The summed E-state index contributed by atoms with van der Waals surface area (Å²) in [6.07, 6.45) is 0. The second kappa shape index (κ2) is 7.30. The molecule has 0 unspecified atom stereocenters. The zero-order valence-electron chi connectivity index (χ0n) is 14.3. The molecule has 0 aromatic heterocycles. The highest BCUT2D eigenvalue weighted by atomic mass is 32.2. The van der Waals surface area contributed by atoms with Crippen LogP contribution < -0.4 is 10.2 Å². The van der Waals surface area contributed by atoms with E-state index < -0.39 is 14.9 Å². The fourth-order valence-electron chi connectivity index (χ4n) is 3.01. The first-order chi connectivity index (χ1) is 12.4. The lowest BCUT2D eigenvalue weighted by Crippen LogP contribution is -2.48. The molecule has 1 aliphatic rings. The van der Waals surface area contributed by atoms with E-state index in [1.807, 2.05) is 4.90 Å². The van der Waals surface area contributed by atoms with Gasteiger partial charge in [0.05, 0.1) is 9.82 Å². The van der Waals surface area contributed by atoms with Crippen molar-refractivity contribution < 1.29 is 13.3 Å². The summed E-state index contributed by atoms with van der Waals surface area (Å²) in [5.41, 5.74) is 1.28. The number of nitrogens with zero attached hydrogens (tertiary/aromatic N) is 3. The second-order valence-electron chi connectivity index (χ2n) is 5.91. The average Bonchev–Trinajstić information content (AvgIpc) is 2.68. The van der Waals surface area contributed by atoms with Crippen LogP contribution in [0.5, 0.6) is 0 Å². The van der Waals surface area contributed by atoms with Crippen LogP contribution in [-0.4, -0.2) is 50.9 Å². The lowest BCUT2D eigenvalue weighted by molar-refractivity contribution is -0.383. The number of rotatable bonds is 5. The number of piperazine rings is 1. The van der Waals surface area contributed by atoms with Crippen molar-refractivity contribution >= 4 is 27.1 Å². The van der Waals surface area contributed by atoms with E-state index in [-0.39, 0.29) is 5.69 Å². The fourth-order valence-corrected chi connectivity index (χ4v) is 4.45. The topological polar surface area (TPSA) is 95.8 Å². The van der Waals surface area contributed by atoms with Gasteiger partial charge in [-0.25, -0.2) is 8.42 Å². The molecular formula is C17H20N4O4S. The molecule has 0 atom stereocenters. The molecule has 0 spiro atoms. The van der Waals surface area contributed by atoms with Gasteiger partial charge in [0.15, 0.2) is 0 Å². The van der Waals surface area contributed by atoms with Gasteiger partial charge in [-0.15, -0.1) is 0 Å². The molecule has 1 N–H and O–H groups in total. The molecule has 0 amide bonds. The molecule has 138 valence electrons. The summed E-state index contributed by atoms with van der Waals surface area (Å²) >= 11 is 0. The summed E-state index contributed by atoms with van der Waals surface area (Å²) in [6.45, 7) is 1.77. The van der Waals surface area contributed by atoms with Crippen LogP contribution in [0.3, 0.4) is 0 Å². The summed E-state index contributed by atoms with van der Waals surface area (Å²) < 4.78 is 26.8. The molecule has 2 aromatic rings. The fraction of sp³-hybridized carbons (Fsp3) is 0.294. The Morgan fingerprint density at radius 3 is 2.27 bits per heavy atom. The quantitative estimate of drug-likeness (QED) is 0.634. The third-order valence-corrected chi connectivity index (χ3v) is 6.34. The Morgan fingerprint density at radius 1 is 1.04 bits per heavy atom. The molecule has 1 fully saturated rings. The Balaban J connectivity index is 1.74. The van der Waals surface area contributed by atoms with Gasteiger partial charge in [0, 0.05) is 45.0 Å². The molecule has 1 aliphatic heterocycles. The number of hydrogen-bond acceptors (Lipinski definition) is 6. The van der Waals surface area contributed by atoms with E-state index in [0.29, 0.717) is 36.8 Å². The summed E-state index contributed by atoms with van der Waals surface area (Å²) in [4.78, 5) is 12.9. The zero-order valence-corrected chi connectivity index (χ0v) is 15.1. The van der Waals surface area contributed by atoms with Crippen LogP contribution >= 0.6 is 0 Å². The van der Waals surface area contributed by atoms with Crippen molar-refractivity contribution in [1.82, 2.24) is 4.31 Å². The van der Waals surface area contributed by atoms with Crippen molar-refractivity contribution in [2.75, 3.05) is 43.4 Å². The number of sulfonamides is 1. The van der Waals surface area contributed by atoms with Crippen LogP contribution in [0.2, 0.25) is 0 Å². The third kappa shape index (κ3) is 3.49. The van der Waals surface area contributed by atoms with Gasteiger partial charge in [0.2, 0.25) is 10.0 Å². The molecule has 1 heterocycles. The normalized spacial score (nSPS) is 15.7. The highest BCUT2D eigenvalue weighted by molar-refractivity contribution is 7.89. The van der Waals surface area contributed by atoms with Crippen LogP contribution in [0.25, 0.3) is 0 Å². The first-order valence-corrected chi connectivity index (χ1v) is 9.64. The largest absolute Gasteiger partial charge is 0.383 e. The van der Waals surface area contributed by atoms with Gasteiger partial charge in [-0.05, 0) is 24.3 Å². The number of anilines is 2. The van der Waals surface area contributed by atoms with Gasteiger partial charge >= 0.3 is 0 Å². The van der Waals surface area contributed by atoms with Crippen LogP contribution in [0.4, 0.5) is 17.1 Å². The molecule has 1 saturated heterocycles. The molecule has 2 aromatic carbocycles. The number of benzene rings is 2. The van der Waals surface area contributed by atoms with Crippen molar-refractivity contribution in [2.24, 2.45) is 0 Å². The van der Waals surface area contributed by atoms with E-state index in [1.54, 1.807) is 49.5 Å². The number of nitrogens with one attached hydrogen (secondary N) is 1. The number of hydrogen-bond donors (Lipinski definition) is 1. The van der Waals surface area contributed by atoms with Gasteiger partial charge in [0.25, 0.3) is 5.69 Å². The van der Waals surface area contributed by atoms with Gasteiger partial charge < -0.3 is 10.2 Å². The Hall–Kier alpha value is -2.65. The van der Waals surface area contributed by atoms with Crippen molar-refractivity contribution in [2.45, 2.75) is 4.90 Å². The summed E-state index contributed by atoms with van der Waals surface area (Å²) in [5, 5.41) is 13.9. The number of nitro groups is 1. The molecule has 0 aliphatic carbocycles. The zero-order chi connectivity index (χ0) is 18.7. The lowest BCUT2D eigenvalue weighted by atomic mass is 10.2.